The Balaban J connectivity index is 1.70. The van der Waals surface area contributed by atoms with E-state index in [1.807, 2.05) is 0 Å². The predicted molar refractivity (Wildman–Crippen MR) is 82.1 cm³/mol. The van der Waals surface area contributed by atoms with Crippen molar-refractivity contribution in [3.63, 3.8) is 0 Å². The van der Waals surface area contributed by atoms with Crippen LogP contribution in [0, 0.1) is 11.6 Å². The molecule has 0 spiro atoms. The minimum atomic E-state index is -0.981. The minimum absolute atomic E-state index is 0.178. The van der Waals surface area contributed by atoms with Crippen molar-refractivity contribution in [2.45, 2.75) is 0 Å². The molecule has 1 aromatic heterocycles. The minimum Gasteiger partial charge on any atom is -0.439 e. The largest absolute Gasteiger partial charge is 0.439 e. The number of hydrogen-bond acceptors (Lipinski definition) is 4. The molecule has 0 saturated carbocycles. The normalized spacial score (nSPS) is 10.2. The number of rotatable bonds is 4. The number of halogens is 2. The number of hydrogen-bond donors (Lipinski definition) is 0. The van der Waals surface area contributed by atoms with Crippen molar-refractivity contribution in [1.29, 1.82) is 0 Å². The Bertz CT molecular complexity index is 852. The van der Waals surface area contributed by atoms with Gasteiger partial charge in [0.2, 0.25) is 5.88 Å². The van der Waals surface area contributed by atoms with Gasteiger partial charge in [0.25, 0.3) is 0 Å². The molecular weight excluding hydrogens is 316 g/mol. The maximum atomic E-state index is 13.5. The SMILES string of the molecule is O=C(Oc1ccc(Oc2ccccn2)cc1)c1cc(F)ccc1F. The summed E-state index contributed by atoms with van der Waals surface area (Å²) in [4.78, 5) is 15.9. The van der Waals surface area contributed by atoms with Crippen molar-refractivity contribution in [1.82, 2.24) is 4.98 Å². The average molecular weight is 327 g/mol. The molecule has 0 fully saturated rings. The molecule has 3 rings (SSSR count). The summed E-state index contributed by atoms with van der Waals surface area (Å²) in [5.74, 6) is -1.46. The molecule has 1 heterocycles. The number of benzene rings is 2. The third-order valence-electron chi connectivity index (χ3n) is 3.04. The maximum Gasteiger partial charge on any atom is 0.346 e. The van der Waals surface area contributed by atoms with Gasteiger partial charge in [0, 0.05) is 12.3 Å². The summed E-state index contributed by atoms with van der Waals surface area (Å²) in [6.07, 6.45) is 1.60. The molecule has 0 aliphatic heterocycles. The van der Waals surface area contributed by atoms with Gasteiger partial charge in [-0.1, -0.05) is 6.07 Å². The summed E-state index contributed by atoms with van der Waals surface area (Å²) in [5, 5.41) is 0. The molecule has 4 nitrogen and oxygen atoms in total. The van der Waals surface area contributed by atoms with Crippen LogP contribution in [-0.2, 0) is 0 Å². The van der Waals surface area contributed by atoms with Gasteiger partial charge in [-0.3, -0.25) is 0 Å². The monoisotopic (exact) mass is 327 g/mol. The van der Waals surface area contributed by atoms with Gasteiger partial charge in [-0.15, -0.1) is 0 Å². The second-order valence-corrected chi connectivity index (χ2v) is 4.76. The van der Waals surface area contributed by atoms with E-state index in [-0.39, 0.29) is 5.75 Å². The van der Waals surface area contributed by atoms with Crippen LogP contribution in [0.25, 0.3) is 0 Å². The number of aromatic nitrogens is 1. The maximum absolute atomic E-state index is 13.5. The highest BCUT2D eigenvalue weighted by atomic mass is 19.1. The van der Waals surface area contributed by atoms with E-state index in [1.165, 1.54) is 12.1 Å². The zero-order chi connectivity index (χ0) is 16.9. The van der Waals surface area contributed by atoms with Gasteiger partial charge in [0.05, 0.1) is 5.56 Å². The van der Waals surface area contributed by atoms with E-state index in [4.69, 9.17) is 9.47 Å². The number of carbonyl (C=O) groups excluding carboxylic acids is 1. The summed E-state index contributed by atoms with van der Waals surface area (Å²) < 4.78 is 37.2. The van der Waals surface area contributed by atoms with Crippen molar-refractivity contribution in [3.8, 4) is 17.4 Å². The standard InChI is InChI=1S/C18H11F2NO3/c19-12-4-9-16(20)15(11-12)18(22)24-14-7-5-13(6-8-14)23-17-3-1-2-10-21-17/h1-11H. The zero-order valence-electron chi connectivity index (χ0n) is 12.3. The summed E-state index contributed by atoms with van der Waals surface area (Å²) >= 11 is 0. The number of pyridine rings is 1. The van der Waals surface area contributed by atoms with Gasteiger partial charge in [-0.25, -0.2) is 18.6 Å². The summed E-state index contributed by atoms with van der Waals surface area (Å²) in [6, 6.07) is 13.9. The first-order chi connectivity index (χ1) is 11.6. The van der Waals surface area contributed by atoms with E-state index in [2.05, 4.69) is 4.98 Å². The Labute approximate surface area is 136 Å². The van der Waals surface area contributed by atoms with Crippen LogP contribution >= 0.6 is 0 Å². The van der Waals surface area contributed by atoms with Gasteiger partial charge < -0.3 is 9.47 Å². The highest BCUT2D eigenvalue weighted by Crippen LogP contribution is 2.23. The highest BCUT2D eigenvalue weighted by molar-refractivity contribution is 5.91. The Morgan fingerprint density at radius 3 is 2.38 bits per heavy atom. The van der Waals surface area contributed by atoms with Crippen LogP contribution in [0.15, 0.2) is 66.9 Å². The lowest BCUT2D eigenvalue weighted by Crippen LogP contribution is -2.11. The number of esters is 1. The molecule has 0 radical (unpaired) electrons. The van der Waals surface area contributed by atoms with E-state index in [0.29, 0.717) is 11.6 Å². The smallest absolute Gasteiger partial charge is 0.346 e. The molecule has 0 aliphatic carbocycles. The fourth-order valence-electron chi connectivity index (χ4n) is 1.92. The lowest BCUT2D eigenvalue weighted by atomic mass is 10.2. The van der Waals surface area contributed by atoms with Gasteiger partial charge in [0.15, 0.2) is 0 Å². The molecule has 3 aromatic rings. The molecule has 0 saturated heterocycles. The third kappa shape index (κ3) is 3.73. The first-order valence-corrected chi connectivity index (χ1v) is 6.98. The summed E-state index contributed by atoms with van der Waals surface area (Å²) in [5.41, 5.74) is -0.469. The Hall–Kier alpha value is -3.28. The van der Waals surface area contributed by atoms with Gasteiger partial charge >= 0.3 is 5.97 Å². The van der Waals surface area contributed by atoms with Crippen LogP contribution < -0.4 is 9.47 Å². The molecule has 0 unspecified atom stereocenters. The van der Waals surface area contributed by atoms with Crippen LogP contribution in [-0.4, -0.2) is 11.0 Å². The van der Waals surface area contributed by atoms with Crippen LogP contribution in [0.2, 0.25) is 0 Å². The lowest BCUT2D eigenvalue weighted by molar-refractivity contribution is 0.0729. The lowest BCUT2D eigenvalue weighted by Gasteiger charge is -2.07. The summed E-state index contributed by atoms with van der Waals surface area (Å²) in [6.45, 7) is 0. The number of carbonyl (C=O) groups is 1. The fraction of sp³-hybridized carbons (Fsp3) is 0. The molecule has 0 N–H and O–H groups in total. The second kappa shape index (κ2) is 6.87. The second-order valence-electron chi connectivity index (χ2n) is 4.76. The predicted octanol–water partition coefficient (Wildman–Crippen LogP) is 4.37. The molecule has 0 atom stereocenters. The van der Waals surface area contributed by atoms with Gasteiger partial charge in [0.1, 0.15) is 23.1 Å². The topological polar surface area (TPSA) is 48.4 Å². The van der Waals surface area contributed by atoms with Crippen molar-refractivity contribution in [2.75, 3.05) is 0 Å². The van der Waals surface area contributed by atoms with Gasteiger partial charge in [-0.05, 0) is 48.5 Å². The van der Waals surface area contributed by atoms with E-state index in [1.54, 1.807) is 36.5 Å². The van der Waals surface area contributed by atoms with Crippen molar-refractivity contribution < 1.29 is 23.0 Å². The molecule has 6 heteroatoms. The molecular formula is C18H11F2NO3. The fourth-order valence-corrected chi connectivity index (χ4v) is 1.92. The molecule has 0 amide bonds. The summed E-state index contributed by atoms with van der Waals surface area (Å²) in [7, 11) is 0. The van der Waals surface area contributed by atoms with E-state index >= 15 is 0 Å². The number of nitrogens with zero attached hydrogens (tertiary/aromatic N) is 1. The van der Waals surface area contributed by atoms with Crippen molar-refractivity contribution >= 4 is 5.97 Å². The highest BCUT2D eigenvalue weighted by Gasteiger charge is 2.15. The van der Waals surface area contributed by atoms with E-state index in [0.717, 1.165) is 18.2 Å². The molecule has 0 aliphatic rings. The third-order valence-corrected chi connectivity index (χ3v) is 3.04. The van der Waals surface area contributed by atoms with Crippen LogP contribution in [0.4, 0.5) is 8.78 Å². The first kappa shape index (κ1) is 15.6. The molecule has 0 bridgehead atoms. The van der Waals surface area contributed by atoms with E-state index < -0.39 is 23.2 Å². The van der Waals surface area contributed by atoms with Crippen molar-refractivity contribution in [2.24, 2.45) is 0 Å². The zero-order valence-corrected chi connectivity index (χ0v) is 12.3. The quantitative estimate of drug-likeness (QED) is 0.527. The molecule has 120 valence electrons. The Morgan fingerprint density at radius 1 is 0.917 bits per heavy atom. The van der Waals surface area contributed by atoms with Crippen LogP contribution in [0.5, 0.6) is 17.4 Å². The van der Waals surface area contributed by atoms with Crippen molar-refractivity contribution in [3.05, 3.63) is 84.1 Å². The van der Waals surface area contributed by atoms with Gasteiger partial charge in [-0.2, -0.15) is 0 Å². The Morgan fingerprint density at radius 2 is 1.67 bits per heavy atom. The molecule has 2 aromatic carbocycles. The van der Waals surface area contributed by atoms with Crippen LogP contribution in [0.3, 0.4) is 0 Å². The first-order valence-electron chi connectivity index (χ1n) is 6.98. The molecule has 24 heavy (non-hydrogen) atoms. The average Bonchev–Trinajstić information content (AvgIpc) is 2.59. The van der Waals surface area contributed by atoms with E-state index in [9.17, 15) is 13.6 Å². The number of ether oxygens (including phenoxy) is 2. The Kier molecular flexibility index (Phi) is 4.47. The van der Waals surface area contributed by atoms with Crippen LogP contribution in [0.1, 0.15) is 10.4 Å².